The predicted molar refractivity (Wildman–Crippen MR) is 86.2 cm³/mol. The van der Waals surface area contributed by atoms with E-state index in [1.165, 1.54) is 6.92 Å². The van der Waals surface area contributed by atoms with Gasteiger partial charge in [0, 0.05) is 17.4 Å². The summed E-state index contributed by atoms with van der Waals surface area (Å²) in [5, 5.41) is 10.9. The first-order chi connectivity index (χ1) is 10.3. The average molecular weight is 345 g/mol. The molecule has 23 heavy (non-hydrogen) atoms. The van der Waals surface area contributed by atoms with Gasteiger partial charge >= 0.3 is 0 Å². The van der Waals surface area contributed by atoms with Gasteiger partial charge in [0.15, 0.2) is 11.6 Å². The highest BCUT2D eigenvalue weighted by Gasteiger charge is 2.46. The van der Waals surface area contributed by atoms with Gasteiger partial charge in [0.2, 0.25) is 0 Å². The van der Waals surface area contributed by atoms with Crippen LogP contribution in [0.1, 0.15) is 26.3 Å². The maximum Gasteiger partial charge on any atom is 0.272 e. The van der Waals surface area contributed by atoms with E-state index in [9.17, 15) is 23.1 Å². The van der Waals surface area contributed by atoms with Crippen LogP contribution in [0.4, 0.5) is 14.5 Å². The van der Waals surface area contributed by atoms with Crippen LogP contribution in [-0.2, 0) is 15.1 Å². The Bertz CT molecular complexity index is 834. The predicted octanol–water partition coefficient (Wildman–Crippen LogP) is 1.95. The third-order valence-electron chi connectivity index (χ3n) is 4.23. The van der Waals surface area contributed by atoms with Crippen LogP contribution in [0.15, 0.2) is 17.1 Å². The minimum atomic E-state index is -2.84. The zero-order valence-electron chi connectivity index (χ0n) is 12.9. The largest absolute Gasteiger partial charge is 0.386 e. The van der Waals surface area contributed by atoms with Crippen molar-refractivity contribution in [2.45, 2.75) is 31.1 Å². The molecule has 0 aromatic heterocycles. The highest BCUT2D eigenvalue weighted by atomic mass is 32.2. The van der Waals surface area contributed by atoms with Crippen LogP contribution in [0.2, 0.25) is 0 Å². The second kappa shape index (κ2) is 4.98. The average Bonchev–Trinajstić information content (AvgIpc) is 2.38. The number of nitrogens with two attached hydrogens (primary N) is 1. The Morgan fingerprint density at radius 2 is 1.96 bits per heavy atom. The van der Waals surface area contributed by atoms with E-state index in [-0.39, 0.29) is 17.2 Å². The SMILES string of the molecule is C=S1(=O)C[C@@](C)(c2cc([N+](=O)[O-])cc(F)c2F)N=C(N)C1(C)C. The maximum atomic E-state index is 14.2. The van der Waals surface area contributed by atoms with E-state index >= 15 is 0 Å². The lowest BCUT2D eigenvalue weighted by Crippen LogP contribution is -2.54. The molecule has 2 atom stereocenters. The summed E-state index contributed by atoms with van der Waals surface area (Å²) in [5.74, 6) is 0.816. The normalized spacial score (nSPS) is 29.9. The summed E-state index contributed by atoms with van der Waals surface area (Å²) in [6.45, 7) is 4.61. The van der Waals surface area contributed by atoms with E-state index in [0.29, 0.717) is 6.07 Å². The van der Waals surface area contributed by atoms with Crippen molar-refractivity contribution in [1.82, 2.24) is 0 Å². The maximum absolute atomic E-state index is 14.2. The Hall–Kier alpha value is -2.03. The lowest BCUT2D eigenvalue weighted by molar-refractivity contribution is -0.385. The molecule has 0 saturated carbocycles. The molecular weight excluding hydrogens is 328 g/mol. The van der Waals surface area contributed by atoms with Crippen molar-refractivity contribution in [3.05, 3.63) is 39.4 Å². The Balaban J connectivity index is 2.76. The molecule has 6 nitrogen and oxygen atoms in total. The Labute approximate surface area is 132 Å². The number of benzene rings is 1. The molecule has 1 aromatic rings. The van der Waals surface area contributed by atoms with Crippen LogP contribution in [0.3, 0.4) is 0 Å². The van der Waals surface area contributed by atoms with E-state index in [1.54, 1.807) is 13.8 Å². The van der Waals surface area contributed by atoms with Gasteiger partial charge in [-0.25, -0.2) is 8.78 Å². The number of nitro groups is 1. The van der Waals surface area contributed by atoms with Gasteiger partial charge in [0.05, 0.1) is 21.3 Å². The Kier molecular flexibility index (Phi) is 3.75. The molecule has 0 fully saturated rings. The smallest absolute Gasteiger partial charge is 0.272 e. The quantitative estimate of drug-likeness (QED) is 0.503. The number of rotatable bonds is 2. The number of aliphatic imine (C=N–C) groups is 1. The molecule has 126 valence electrons. The van der Waals surface area contributed by atoms with Gasteiger partial charge in [-0.15, -0.1) is 0 Å². The highest BCUT2D eigenvalue weighted by molar-refractivity contribution is 8.02. The zero-order valence-corrected chi connectivity index (χ0v) is 13.7. The van der Waals surface area contributed by atoms with Gasteiger partial charge in [-0.2, -0.15) is 0 Å². The minimum absolute atomic E-state index is 0.0161. The molecular formula is C14H17F2N3O3S. The number of hydrogen-bond acceptors (Lipinski definition) is 5. The molecule has 2 N–H and O–H groups in total. The van der Waals surface area contributed by atoms with Gasteiger partial charge in [-0.1, -0.05) is 0 Å². The first-order valence-electron chi connectivity index (χ1n) is 6.66. The molecule has 1 unspecified atom stereocenters. The van der Waals surface area contributed by atoms with Gasteiger partial charge in [-0.05, 0) is 36.2 Å². The standard InChI is InChI=1S/C14H17F2N3O3S/c1-13(2)12(17)18-14(3,7-23(13,4)22)9-5-8(19(20)21)6-10(15)11(9)16/h5-6H,4,7H2,1-3H3,(H2,17,18)/t14-,23?/m0/s1. The fraction of sp³-hybridized carbons (Fsp3) is 0.429. The van der Waals surface area contributed by atoms with E-state index in [0.717, 1.165) is 6.07 Å². The van der Waals surface area contributed by atoms with Crippen molar-refractivity contribution in [3.8, 4) is 0 Å². The monoisotopic (exact) mass is 345 g/mol. The molecule has 1 aromatic carbocycles. The number of non-ortho nitro benzene ring substituents is 1. The summed E-state index contributed by atoms with van der Waals surface area (Å²) in [5.41, 5.74) is 3.38. The number of nitrogens with zero attached hydrogens (tertiary/aromatic N) is 2. The molecule has 0 amide bonds. The van der Waals surface area contributed by atoms with E-state index in [2.05, 4.69) is 10.9 Å². The highest BCUT2D eigenvalue weighted by Crippen LogP contribution is 2.39. The molecule has 0 bridgehead atoms. The van der Waals surface area contributed by atoms with Crippen LogP contribution in [-0.4, -0.2) is 31.3 Å². The van der Waals surface area contributed by atoms with Gasteiger partial charge in [0.1, 0.15) is 5.84 Å². The second-order valence-corrected chi connectivity index (χ2v) is 9.22. The van der Waals surface area contributed by atoms with Crippen LogP contribution in [0.25, 0.3) is 0 Å². The van der Waals surface area contributed by atoms with Crippen molar-refractivity contribution in [1.29, 1.82) is 0 Å². The lowest BCUT2D eigenvalue weighted by atomic mass is 9.92. The van der Waals surface area contributed by atoms with E-state index in [1.807, 2.05) is 0 Å². The van der Waals surface area contributed by atoms with Crippen LogP contribution < -0.4 is 5.73 Å². The molecule has 0 saturated heterocycles. The van der Waals surface area contributed by atoms with Crippen molar-refractivity contribution < 1.29 is 17.9 Å². The summed E-state index contributed by atoms with van der Waals surface area (Å²) < 4.78 is 39.8. The van der Waals surface area contributed by atoms with Crippen LogP contribution >= 0.6 is 0 Å². The van der Waals surface area contributed by atoms with Crippen molar-refractivity contribution >= 4 is 26.9 Å². The summed E-state index contributed by atoms with van der Waals surface area (Å²) in [6.07, 6.45) is 0. The molecule has 9 heteroatoms. The molecule has 0 radical (unpaired) electrons. The van der Waals surface area contributed by atoms with Crippen molar-refractivity contribution in [2.75, 3.05) is 5.75 Å². The molecule has 0 aliphatic carbocycles. The second-order valence-electron chi connectivity index (χ2n) is 6.28. The first-order valence-corrected chi connectivity index (χ1v) is 8.56. The zero-order chi connectivity index (χ0) is 17.8. The lowest BCUT2D eigenvalue weighted by Gasteiger charge is -2.41. The third kappa shape index (κ3) is 2.58. The minimum Gasteiger partial charge on any atom is -0.386 e. The molecule has 1 heterocycles. The van der Waals surface area contributed by atoms with Gasteiger partial charge in [-0.3, -0.25) is 19.3 Å². The molecule has 1 aliphatic rings. The topological polar surface area (TPSA) is 98.6 Å². The number of amidine groups is 1. The van der Waals surface area contributed by atoms with Crippen LogP contribution in [0, 0.1) is 21.7 Å². The van der Waals surface area contributed by atoms with Gasteiger partial charge < -0.3 is 5.73 Å². The fourth-order valence-electron chi connectivity index (χ4n) is 2.47. The first kappa shape index (κ1) is 17.3. The number of nitro benzene ring substituents is 1. The molecule has 2 rings (SSSR count). The van der Waals surface area contributed by atoms with E-state index in [4.69, 9.17) is 5.73 Å². The van der Waals surface area contributed by atoms with E-state index < -0.39 is 42.1 Å². The fourth-order valence-corrected chi connectivity index (χ4v) is 4.38. The summed E-state index contributed by atoms with van der Waals surface area (Å²) in [4.78, 5) is 14.2. The Morgan fingerprint density at radius 1 is 1.39 bits per heavy atom. The number of hydrogen-bond donors (Lipinski definition) is 1. The van der Waals surface area contributed by atoms with Crippen LogP contribution in [0.5, 0.6) is 0 Å². The molecule has 1 aliphatic heterocycles. The summed E-state index contributed by atoms with van der Waals surface area (Å²) in [7, 11) is -2.84. The van der Waals surface area contributed by atoms with Crippen molar-refractivity contribution in [2.24, 2.45) is 10.7 Å². The summed E-state index contributed by atoms with van der Waals surface area (Å²) in [6, 6.07) is 1.38. The third-order valence-corrected chi connectivity index (χ3v) is 7.33. The van der Waals surface area contributed by atoms with Crippen molar-refractivity contribution in [3.63, 3.8) is 0 Å². The van der Waals surface area contributed by atoms with Gasteiger partial charge in [0.25, 0.3) is 5.69 Å². The number of halogens is 2. The molecule has 0 spiro atoms. The summed E-state index contributed by atoms with van der Waals surface area (Å²) >= 11 is 0. The Morgan fingerprint density at radius 3 is 2.43 bits per heavy atom.